The summed E-state index contributed by atoms with van der Waals surface area (Å²) in [6, 6.07) is 1.03. The van der Waals surface area contributed by atoms with Gasteiger partial charge in [0.2, 0.25) is 0 Å². The van der Waals surface area contributed by atoms with Crippen LogP contribution < -0.4 is 5.32 Å². The lowest BCUT2D eigenvalue weighted by Crippen LogP contribution is -2.41. The number of carbonyl (C=O) groups excluding carboxylic acids is 1. The largest absolute Gasteiger partial charge is 0.480 e. The van der Waals surface area contributed by atoms with Gasteiger partial charge in [0.15, 0.2) is 0 Å². The smallest absolute Gasteiger partial charge is 0.326 e. The minimum Gasteiger partial charge on any atom is -0.480 e. The summed E-state index contributed by atoms with van der Waals surface area (Å²) < 4.78 is 4.89. The molecule has 2 N–H and O–H groups in total. The lowest BCUT2D eigenvalue weighted by molar-refractivity contribution is -0.139. The van der Waals surface area contributed by atoms with Crippen LogP contribution in [0.4, 0.5) is 0 Å². The van der Waals surface area contributed by atoms with Crippen molar-refractivity contribution in [2.75, 3.05) is 13.7 Å². The molecule has 122 valence electrons. The molecule has 1 amide bonds. The van der Waals surface area contributed by atoms with Crippen LogP contribution in [0.1, 0.15) is 52.2 Å². The van der Waals surface area contributed by atoms with Crippen molar-refractivity contribution < 1.29 is 19.4 Å². The second-order valence-corrected chi connectivity index (χ2v) is 6.76. The van der Waals surface area contributed by atoms with Crippen molar-refractivity contribution in [1.29, 1.82) is 0 Å². The van der Waals surface area contributed by atoms with E-state index in [2.05, 4.69) is 5.32 Å². The van der Waals surface area contributed by atoms with Gasteiger partial charge in [-0.3, -0.25) is 4.79 Å². The Hall–Kier alpha value is -1.40. The van der Waals surface area contributed by atoms with E-state index in [1.807, 2.05) is 6.07 Å². The molecule has 1 heterocycles. The molecule has 0 aromatic carbocycles. The maximum absolute atomic E-state index is 12.3. The first kappa shape index (κ1) is 17.0. The summed E-state index contributed by atoms with van der Waals surface area (Å²) in [5.74, 6) is -1.32. The van der Waals surface area contributed by atoms with Crippen molar-refractivity contribution in [2.24, 2.45) is 0 Å². The number of carboxylic acid groups (broad SMARTS) is 1. The summed E-state index contributed by atoms with van der Waals surface area (Å²) in [5.41, 5.74) is 1.26. The van der Waals surface area contributed by atoms with Crippen molar-refractivity contribution in [3.05, 3.63) is 21.4 Å². The van der Waals surface area contributed by atoms with Crippen molar-refractivity contribution in [3.8, 4) is 0 Å². The van der Waals surface area contributed by atoms with E-state index in [-0.39, 0.29) is 12.3 Å². The van der Waals surface area contributed by atoms with Gasteiger partial charge >= 0.3 is 5.97 Å². The number of aliphatic carboxylic acids is 1. The second-order valence-electron chi connectivity index (χ2n) is 5.62. The average molecular weight is 325 g/mol. The molecule has 1 aromatic rings. The van der Waals surface area contributed by atoms with Gasteiger partial charge in [-0.2, -0.15) is 0 Å². The molecule has 1 aliphatic carbocycles. The van der Waals surface area contributed by atoms with Gasteiger partial charge in [-0.25, -0.2) is 4.79 Å². The van der Waals surface area contributed by atoms with Gasteiger partial charge in [-0.1, -0.05) is 12.8 Å². The summed E-state index contributed by atoms with van der Waals surface area (Å²) in [7, 11) is 1.51. The standard InChI is InChI=1S/C16H23NO4S/c1-21-9-8-12(16(19)20)17-15(18)14-10-11-6-4-2-3-5-7-13(11)22-14/h10,12H,2-9H2,1H3,(H,17,18)(H,19,20). The fourth-order valence-corrected chi connectivity index (χ4v) is 3.84. The number of aryl methyl sites for hydroxylation is 2. The highest BCUT2D eigenvalue weighted by molar-refractivity contribution is 7.14. The molecule has 0 saturated heterocycles. The first-order valence-electron chi connectivity index (χ1n) is 7.76. The first-order valence-corrected chi connectivity index (χ1v) is 8.57. The van der Waals surface area contributed by atoms with Crippen LogP contribution in [0.3, 0.4) is 0 Å². The van der Waals surface area contributed by atoms with Crippen LogP contribution in [-0.2, 0) is 22.4 Å². The number of hydrogen-bond donors (Lipinski definition) is 2. The number of hydrogen-bond acceptors (Lipinski definition) is 4. The molecule has 22 heavy (non-hydrogen) atoms. The Morgan fingerprint density at radius 3 is 2.73 bits per heavy atom. The van der Waals surface area contributed by atoms with E-state index >= 15 is 0 Å². The van der Waals surface area contributed by atoms with Gasteiger partial charge in [-0.15, -0.1) is 11.3 Å². The Balaban J connectivity index is 2.05. The second kappa shape index (κ2) is 8.29. The van der Waals surface area contributed by atoms with Gasteiger partial charge in [0.1, 0.15) is 6.04 Å². The van der Waals surface area contributed by atoms with Crippen molar-refractivity contribution in [1.82, 2.24) is 5.32 Å². The number of rotatable bonds is 6. The van der Waals surface area contributed by atoms with E-state index in [0.29, 0.717) is 11.5 Å². The van der Waals surface area contributed by atoms with E-state index in [0.717, 1.165) is 19.3 Å². The maximum atomic E-state index is 12.3. The molecule has 0 aliphatic heterocycles. The number of fused-ring (bicyclic) bond motifs is 1. The van der Waals surface area contributed by atoms with E-state index in [1.54, 1.807) is 0 Å². The Morgan fingerprint density at radius 1 is 1.32 bits per heavy atom. The molecular weight excluding hydrogens is 302 g/mol. The van der Waals surface area contributed by atoms with Gasteiger partial charge in [-0.05, 0) is 37.3 Å². The normalized spacial score (nSPS) is 16.2. The van der Waals surface area contributed by atoms with Crippen LogP contribution in [0, 0.1) is 0 Å². The van der Waals surface area contributed by atoms with Crippen molar-refractivity contribution in [3.63, 3.8) is 0 Å². The number of nitrogens with one attached hydrogen (secondary N) is 1. The molecule has 0 bridgehead atoms. The lowest BCUT2D eigenvalue weighted by atomic mass is 10.00. The number of carbonyl (C=O) groups is 2. The van der Waals surface area contributed by atoms with Gasteiger partial charge < -0.3 is 15.2 Å². The van der Waals surface area contributed by atoms with Crippen LogP contribution in [0.2, 0.25) is 0 Å². The summed E-state index contributed by atoms with van der Waals surface area (Å²) in [4.78, 5) is 25.4. The molecule has 0 spiro atoms. The van der Waals surface area contributed by atoms with E-state index in [9.17, 15) is 9.59 Å². The van der Waals surface area contributed by atoms with Crippen LogP contribution in [-0.4, -0.2) is 36.7 Å². The average Bonchev–Trinajstić information content (AvgIpc) is 2.85. The molecule has 0 radical (unpaired) electrons. The predicted molar refractivity (Wildman–Crippen MR) is 85.6 cm³/mol. The molecule has 0 saturated carbocycles. The van der Waals surface area contributed by atoms with Crippen LogP contribution in [0.5, 0.6) is 0 Å². The molecule has 1 atom stereocenters. The molecule has 1 aliphatic rings. The Kier molecular flexibility index (Phi) is 6.39. The quantitative estimate of drug-likeness (QED) is 0.843. The summed E-state index contributed by atoms with van der Waals surface area (Å²) in [6.07, 6.45) is 7.13. The molecule has 1 aromatic heterocycles. The van der Waals surface area contributed by atoms with Crippen molar-refractivity contribution in [2.45, 2.75) is 51.0 Å². The zero-order valence-electron chi connectivity index (χ0n) is 12.9. The highest BCUT2D eigenvalue weighted by Gasteiger charge is 2.22. The Bertz CT molecular complexity index is 501. The van der Waals surface area contributed by atoms with Crippen LogP contribution >= 0.6 is 11.3 Å². The molecule has 6 heteroatoms. The van der Waals surface area contributed by atoms with E-state index in [1.165, 1.54) is 48.1 Å². The highest BCUT2D eigenvalue weighted by Crippen LogP contribution is 2.28. The zero-order valence-corrected chi connectivity index (χ0v) is 13.7. The Labute approximate surface area is 134 Å². The fraction of sp³-hybridized carbons (Fsp3) is 0.625. The number of methoxy groups -OCH3 is 1. The Morgan fingerprint density at radius 2 is 2.05 bits per heavy atom. The summed E-state index contributed by atoms with van der Waals surface area (Å²) >= 11 is 1.51. The van der Waals surface area contributed by atoms with Gasteiger partial charge in [0.05, 0.1) is 4.88 Å². The third-order valence-corrected chi connectivity index (χ3v) is 5.17. The minimum atomic E-state index is -1.03. The predicted octanol–water partition coefficient (Wildman–Crippen LogP) is 2.63. The number of ether oxygens (including phenoxy) is 1. The van der Waals surface area contributed by atoms with Crippen molar-refractivity contribution >= 4 is 23.2 Å². The minimum absolute atomic E-state index is 0.267. The summed E-state index contributed by atoms with van der Waals surface area (Å²) in [5, 5.41) is 11.8. The first-order chi connectivity index (χ1) is 10.6. The van der Waals surface area contributed by atoms with Crippen LogP contribution in [0.15, 0.2) is 6.07 Å². The third-order valence-electron chi connectivity index (χ3n) is 3.93. The topological polar surface area (TPSA) is 75.6 Å². The number of thiophene rings is 1. The maximum Gasteiger partial charge on any atom is 0.326 e. The number of amides is 1. The fourth-order valence-electron chi connectivity index (χ4n) is 2.68. The molecule has 2 rings (SSSR count). The third kappa shape index (κ3) is 4.55. The molecular formula is C16H23NO4S. The SMILES string of the molecule is COCCC(NC(=O)c1cc2c(s1)CCCCCC2)C(=O)O. The van der Waals surface area contributed by atoms with E-state index in [4.69, 9.17) is 9.84 Å². The number of carboxylic acids is 1. The molecule has 5 nitrogen and oxygen atoms in total. The summed E-state index contributed by atoms with van der Waals surface area (Å²) in [6.45, 7) is 0.304. The molecule has 0 fully saturated rings. The highest BCUT2D eigenvalue weighted by atomic mass is 32.1. The van der Waals surface area contributed by atoms with E-state index < -0.39 is 12.0 Å². The van der Waals surface area contributed by atoms with Crippen LogP contribution in [0.25, 0.3) is 0 Å². The lowest BCUT2D eigenvalue weighted by Gasteiger charge is -2.13. The monoisotopic (exact) mass is 325 g/mol. The zero-order chi connectivity index (χ0) is 15.9. The molecule has 1 unspecified atom stereocenters. The van der Waals surface area contributed by atoms with Gasteiger partial charge in [0.25, 0.3) is 5.91 Å². The van der Waals surface area contributed by atoms with Gasteiger partial charge in [0, 0.05) is 25.0 Å².